The average Bonchev–Trinajstić information content (AvgIpc) is 2.62. The molecule has 2 aromatic rings. The van der Waals surface area contributed by atoms with Crippen molar-refractivity contribution in [3.8, 4) is 5.75 Å². The minimum Gasteiger partial charge on any atom is -0.383 e. The maximum absolute atomic E-state index is 12.3. The molecule has 0 radical (unpaired) electrons. The summed E-state index contributed by atoms with van der Waals surface area (Å²) in [5.41, 5.74) is 1.76. The molecule has 144 valence electrons. The number of hydrogen-bond acceptors (Lipinski definition) is 5. The highest BCUT2D eigenvalue weighted by Gasteiger charge is 2.21. The maximum atomic E-state index is 12.3. The van der Waals surface area contributed by atoms with Crippen molar-refractivity contribution in [3.05, 3.63) is 60.2 Å². The molecular weight excluding hydrogens is 366 g/mol. The number of piperazine rings is 1. The molecule has 7 nitrogen and oxygen atoms in total. The molecule has 1 fully saturated rings. The number of anilines is 1. The lowest BCUT2D eigenvalue weighted by atomic mass is 10.2. The second kappa shape index (κ2) is 8.41. The molecule has 0 spiro atoms. The lowest BCUT2D eigenvalue weighted by Gasteiger charge is -2.34. The van der Waals surface area contributed by atoms with Gasteiger partial charge in [0.1, 0.15) is 5.75 Å². The summed E-state index contributed by atoms with van der Waals surface area (Å²) in [6.07, 6.45) is 1.03. The van der Waals surface area contributed by atoms with Gasteiger partial charge in [-0.05, 0) is 29.8 Å². The molecule has 1 saturated heterocycles. The number of amides is 2. The minimum absolute atomic E-state index is 0.0931. The van der Waals surface area contributed by atoms with E-state index in [1.807, 2.05) is 36.4 Å². The number of nitrogens with zero attached hydrogens (tertiary/aromatic N) is 2. The summed E-state index contributed by atoms with van der Waals surface area (Å²) in [4.78, 5) is 16.4. The van der Waals surface area contributed by atoms with E-state index in [-0.39, 0.29) is 6.03 Å². The van der Waals surface area contributed by atoms with Crippen molar-refractivity contribution in [2.75, 3.05) is 37.8 Å². The molecule has 0 atom stereocenters. The summed E-state index contributed by atoms with van der Waals surface area (Å²) in [5, 5.41) is 2.90. The first-order valence-electron chi connectivity index (χ1n) is 8.71. The van der Waals surface area contributed by atoms with Gasteiger partial charge in [-0.15, -0.1) is 0 Å². The highest BCUT2D eigenvalue weighted by Crippen LogP contribution is 2.17. The van der Waals surface area contributed by atoms with E-state index in [0.29, 0.717) is 25.4 Å². The zero-order valence-corrected chi connectivity index (χ0v) is 16.0. The number of nitrogens with one attached hydrogen (secondary N) is 1. The molecule has 2 amide bonds. The number of urea groups is 1. The van der Waals surface area contributed by atoms with Gasteiger partial charge in [-0.3, -0.25) is 4.90 Å². The number of carbonyl (C=O) groups excluding carboxylic acids is 1. The predicted octanol–water partition coefficient (Wildman–Crippen LogP) is 2.37. The van der Waals surface area contributed by atoms with E-state index in [1.165, 1.54) is 0 Å². The van der Waals surface area contributed by atoms with Crippen molar-refractivity contribution in [1.29, 1.82) is 0 Å². The normalized spacial score (nSPS) is 15.4. The van der Waals surface area contributed by atoms with Crippen LogP contribution in [0.3, 0.4) is 0 Å². The Hall–Kier alpha value is -2.58. The molecule has 3 rings (SSSR count). The Labute approximate surface area is 159 Å². The summed E-state index contributed by atoms with van der Waals surface area (Å²) >= 11 is 0. The Bertz CT molecular complexity index is 879. The van der Waals surface area contributed by atoms with Crippen LogP contribution in [0.5, 0.6) is 5.75 Å². The number of para-hydroxylation sites is 1. The van der Waals surface area contributed by atoms with Gasteiger partial charge in [0.15, 0.2) is 0 Å². The molecule has 0 aromatic heterocycles. The van der Waals surface area contributed by atoms with Crippen molar-refractivity contribution in [3.63, 3.8) is 0 Å². The highest BCUT2D eigenvalue weighted by atomic mass is 32.2. The van der Waals surface area contributed by atoms with E-state index in [1.54, 1.807) is 23.1 Å². The smallest absolute Gasteiger partial charge is 0.321 e. The van der Waals surface area contributed by atoms with Gasteiger partial charge in [0.2, 0.25) is 0 Å². The van der Waals surface area contributed by atoms with E-state index in [4.69, 9.17) is 4.18 Å². The van der Waals surface area contributed by atoms with Crippen LogP contribution in [0.4, 0.5) is 10.5 Å². The zero-order valence-electron chi connectivity index (χ0n) is 15.2. The highest BCUT2D eigenvalue weighted by molar-refractivity contribution is 7.86. The summed E-state index contributed by atoms with van der Waals surface area (Å²) < 4.78 is 27.4. The summed E-state index contributed by atoms with van der Waals surface area (Å²) in [6, 6.07) is 16.4. The van der Waals surface area contributed by atoms with Gasteiger partial charge in [-0.2, -0.15) is 8.42 Å². The van der Waals surface area contributed by atoms with Crippen molar-refractivity contribution in [1.82, 2.24) is 9.80 Å². The van der Waals surface area contributed by atoms with Crippen LogP contribution < -0.4 is 9.50 Å². The standard InChI is InChI=1S/C19H23N3O4S/c1-27(24,25)26-18-9-5-6-16(14-18)15-21-10-12-22(13-11-21)19(23)20-17-7-3-2-4-8-17/h2-9,14H,10-13,15H2,1H3,(H,20,23). The monoisotopic (exact) mass is 389 g/mol. The topological polar surface area (TPSA) is 79.0 Å². The second-order valence-electron chi connectivity index (χ2n) is 6.49. The Kier molecular flexibility index (Phi) is 5.98. The molecule has 0 saturated carbocycles. The van der Waals surface area contributed by atoms with Crippen molar-refractivity contribution in [2.24, 2.45) is 0 Å². The predicted molar refractivity (Wildman–Crippen MR) is 104 cm³/mol. The van der Waals surface area contributed by atoms with Crippen molar-refractivity contribution >= 4 is 21.8 Å². The van der Waals surface area contributed by atoms with E-state index >= 15 is 0 Å². The molecule has 1 N–H and O–H groups in total. The maximum Gasteiger partial charge on any atom is 0.321 e. The minimum atomic E-state index is -3.53. The molecule has 0 aliphatic carbocycles. The molecule has 2 aromatic carbocycles. The van der Waals surface area contributed by atoms with Crippen LogP contribution in [0.15, 0.2) is 54.6 Å². The van der Waals surface area contributed by atoms with Gasteiger partial charge in [0, 0.05) is 38.4 Å². The number of benzene rings is 2. The molecule has 8 heteroatoms. The Morgan fingerprint density at radius 2 is 1.74 bits per heavy atom. The van der Waals surface area contributed by atoms with Gasteiger partial charge in [0.25, 0.3) is 0 Å². The van der Waals surface area contributed by atoms with Crippen LogP contribution in [0.1, 0.15) is 5.56 Å². The molecule has 1 heterocycles. The largest absolute Gasteiger partial charge is 0.383 e. The van der Waals surface area contributed by atoms with E-state index in [0.717, 1.165) is 30.6 Å². The Morgan fingerprint density at radius 3 is 2.41 bits per heavy atom. The third kappa shape index (κ3) is 5.97. The van der Waals surface area contributed by atoms with Crippen LogP contribution in [0.25, 0.3) is 0 Å². The first-order valence-corrected chi connectivity index (χ1v) is 10.5. The van der Waals surface area contributed by atoms with E-state index < -0.39 is 10.1 Å². The van der Waals surface area contributed by atoms with Crippen LogP contribution in [0.2, 0.25) is 0 Å². The third-order valence-electron chi connectivity index (χ3n) is 4.24. The first-order chi connectivity index (χ1) is 12.9. The van der Waals surface area contributed by atoms with Crippen LogP contribution in [-0.4, -0.2) is 56.7 Å². The molecule has 1 aliphatic rings. The molecule has 0 unspecified atom stereocenters. The van der Waals surface area contributed by atoms with Gasteiger partial charge < -0.3 is 14.4 Å². The summed E-state index contributed by atoms with van der Waals surface area (Å²) in [6.45, 7) is 3.45. The number of carbonyl (C=O) groups is 1. The van der Waals surface area contributed by atoms with Crippen LogP contribution in [0, 0.1) is 0 Å². The van der Waals surface area contributed by atoms with Gasteiger partial charge in [-0.25, -0.2) is 4.79 Å². The fourth-order valence-electron chi connectivity index (χ4n) is 2.96. The van der Waals surface area contributed by atoms with Gasteiger partial charge in [-0.1, -0.05) is 30.3 Å². The fourth-order valence-corrected chi connectivity index (χ4v) is 3.42. The summed E-state index contributed by atoms with van der Waals surface area (Å²) in [5.74, 6) is 0.316. The average molecular weight is 389 g/mol. The fraction of sp³-hybridized carbons (Fsp3) is 0.316. The lowest BCUT2D eigenvalue weighted by Crippen LogP contribution is -2.49. The van der Waals surface area contributed by atoms with Crippen molar-refractivity contribution < 1.29 is 17.4 Å². The van der Waals surface area contributed by atoms with Crippen molar-refractivity contribution in [2.45, 2.75) is 6.54 Å². The SMILES string of the molecule is CS(=O)(=O)Oc1cccc(CN2CCN(C(=O)Nc3ccccc3)CC2)c1. The van der Waals surface area contributed by atoms with Crippen LogP contribution in [-0.2, 0) is 16.7 Å². The molecule has 27 heavy (non-hydrogen) atoms. The quantitative estimate of drug-likeness (QED) is 0.795. The lowest BCUT2D eigenvalue weighted by molar-refractivity contribution is 0.143. The molecule has 0 bridgehead atoms. The summed E-state index contributed by atoms with van der Waals surface area (Å²) in [7, 11) is -3.53. The zero-order chi connectivity index (χ0) is 19.3. The van der Waals surface area contributed by atoms with Gasteiger partial charge >= 0.3 is 16.1 Å². The second-order valence-corrected chi connectivity index (χ2v) is 8.07. The van der Waals surface area contributed by atoms with E-state index in [9.17, 15) is 13.2 Å². The Balaban J connectivity index is 1.51. The first kappa shape index (κ1) is 19.2. The number of hydrogen-bond donors (Lipinski definition) is 1. The third-order valence-corrected chi connectivity index (χ3v) is 4.73. The molecule has 1 aliphatic heterocycles. The molecular formula is C19H23N3O4S. The number of rotatable bonds is 5. The Morgan fingerprint density at radius 1 is 1.04 bits per heavy atom. The van der Waals surface area contributed by atoms with Gasteiger partial charge in [0.05, 0.1) is 6.26 Å². The van der Waals surface area contributed by atoms with Crippen LogP contribution >= 0.6 is 0 Å². The van der Waals surface area contributed by atoms with E-state index in [2.05, 4.69) is 10.2 Å².